The predicted molar refractivity (Wildman–Crippen MR) is 134 cm³/mol. The van der Waals surface area contributed by atoms with E-state index in [0.717, 1.165) is 3.57 Å². The quantitative estimate of drug-likeness (QED) is 0.164. The van der Waals surface area contributed by atoms with Gasteiger partial charge in [-0.2, -0.15) is 13.5 Å². The highest BCUT2D eigenvalue weighted by Gasteiger charge is 2.22. The molecule has 3 rings (SSSR count). The van der Waals surface area contributed by atoms with Gasteiger partial charge in [0.15, 0.2) is 11.5 Å². The van der Waals surface area contributed by atoms with Crippen molar-refractivity contribution < 1.29 is 22.1 Å². The third kappa shape index (κ3) is 6.30. The molecule has 0 aliphatic carbocycles. The van der Waals surface area contributed by atoms with E-state index in [0.29, 0.717) is 15.6 Å². The Bertz CT molecular complexity index is 1250. The molecular formula is C22H18BrIN2O5S. The van der Waals surface area contributed by atoms with Crippen molar-refractivity contribution >= 4 is 60.8 Å². The Morgan fingerprint density at radius 2 is 1.88 bits per heavy atom. The van der Waals surface area contributed by atoms with Crippen LogP contribution in [0.1, 0.15) is 22.8 Å². The molecule has 0 heterocycles. The summed E-state index contributed by atoms with van der Waals surface area (Å²) in [4.78, 5) is 12.2. The molecule has 0 bridgehead atoms. The average Bonchev–Trinajstić information content (AvgIpc) is 2.77. The molecule has 0 spiro atoms. The molecule has 0 fully saturated rings. The fourth-order valence-electron chi connectivity index (χ4n) is 2.61. The third-order valence-corrected chi connectivity index (χ3v) is 6.52. The lowest BCUT2D eigenvalue weighted by atomic mass is 10.2. The SMILES string of the molecule is CCOc1cc(/C=N\NC(=O)c2cccc(I)c2)cc(Br)c1OS(=O)(=O)c1ccccc1. The van der Waals surface area contributed by atoms with E-state index in [4.69, 9.17) is 8.92 Å². The van der Waals surface area contributed by atoms with Gasteiger partial charge in [0.2, 0.25) is 0 Å². The van der Waals surface area contributed by atoms with Crippen molar-refractivity contribution in [3.63, 3.8) is 0 Å². The van der Waals surface area contributed by atoms with E-state index in [9.17, 15) is 13.2 Å². The number of ether oxygens (including phenoxy) is 1. The number of benzene rings is 3. The Labute approximate surface area is 208 Å². The van der Waals surface area contributed by atoms with E-state index in [-0.39, 0.29) is 28.9 Å². The number of rotatable bonds is 8. The number of hydrazone groups is 1. The summed E-state index contributed by atoms with van der Waals surface area (Å²) < 4.78 is 37.5. The van der Waals surface area contributed by atoms with Gasteiger partial charge in [0.1, 0.15) is 4.90 Å². The first kappa shape index (κ1) is 24.2. The zero-order valence-corrected chi connectivity index (χ0v) is 21.3. The Balaban J connectivity index is 1.82. The smallest absolute Gasteiger partial charge is 0.339 e. The molecule has 0 saturated heterocycles. The van der Waals surface area contributed by atoms with Gasteiger partial charge in [-0.15, -0.1) is 0 Å². The van der Waals surface area contributed by atoms with Crippen LogP contribution in [0, 0.1) is 3.57 Å². The molecule has 3 aromatic carbocycles. The van der Waals surface area contributed by atoms with Crippen LogP contribution in [0.25, 0.3) is 0 Å². The first-order chi connectivity index (χ1) is 15.3. The number of nitrogens with one attached hydrogen (secondary N) is 1. The van der Waals surface area contributed by atoms with Gasteiger partial charge in [0, 0.05) is 9.13 Å². The molecule has 0 atom stereocenters. The maximum Gasteiger partial charge on any atom is 0.339 e. The standard InChI is InChI=1S/C22H18BrIN2O5S/c1-2-30-20-12-15(14-25-26-22(27)16-7-6-8-17(24)13-16)11-19(23)21(20)31-32(28,29)18-9-4-3-5-10-18/h3-14H,2H2,1H3,(H,26,27)/b25-14-. The summed E-state index contributed by atoms with van der Waals surface area (Å²) >= 11 is 5.46. The highest BCUT2D eigenvalue weighted by molar-refractivity contribution is 14.1. The van der Waals surface area contributed by atoms with E-state index >= 15 is 0 Å². The van der Waals surface area contributed by atoms with Crippen LogP contribution in [-0.2, 0) is 10.1 Å². The summed E-state index contributed by atoms with van der Waals surface area (Å²) in [5.74, 6) is -0.111. The van der Waals surface area contributed by atoms with E-state index < -0.39 is 10.1 Å². The van der Waals surface area contributed by atoms with Crippen molar-refractivity contribution in [3.05, 3.63) is 85.9 Å². The van der Waals surface area contributed by atoms with Crippen LogP contribution in [-0.4, -0.2) is 27.1 Å². The second kappa shape index (κ2) is 10.9. The fourth-order valence-corrected chi connectivity index (χ4v) is 4.78. The zero-order valence-electron chi connectivity index (χ0n) is 16.8. The molecule has 0 saturated carbocycles. The molecule has 7 nitrogen and oxygen atoms in total. The summed E-state index contributed by atoms with van der Waals surface area (Å²) in [6, 6.07) is 18.1. The topological polar surface area (TPSA) is 94.1 Å². The van der Waals surface area contributed by atoms with Crippen LogP contribution in [0.2, 0.25) is 0 Å². The largest absolute Gasteiger partial charge is 0.490 e. The Hall–Kier alpha value is -2.44. The van der Waals surface area contributed by atoms with Gasteiger partial charge in [-0.25, -0.2) is 5.43 Å². The monoisotopic (exact) mass is 628 g/mol. The fraction of sp³-hybridized carbons (Fsp3) is 0.0909. The number of hydrogen-bond donors (Lipinski definition) is 1. The molecule has 0 radical (unpaired) electrons. The van der Waals surface area contributed by atoms with Crippen LogP contribution in [0.5, 0.6) is 11.5 Å². The lowest BCUT2D eigenvalue weighted by molar-refractivity contribution is 0.0955. The number of carbonyl (C=O) groups is 1. The van der Waals surface area contributed by atoms with Crippen molar-refractivity contribution in [3.8, 4) is 11.5 Å². The zero-order chi connectivity index (χ0) is 23.1. The molecule has 0 aliphatic rings. The van der Waals surface area contributed by atoms with Gasteiger partial charge in [-0.1, -0.05) is 24.3 Å². The van der Waals surface area contributed by atoms with Crippen LogP contribution in [0.4, 0.5) is 0 Å². The number of halogens is 2. The summed E-state index contributed by atoms with van der Waals surface area (Å²) in [6.45, 7) is 2.06. The first-order valence-corrected chi connectivity index (χ1v) is 12.6. The normalized spacial score (nSPS) is 11.3. The van der Waals surface area contributed by atoms with E-state index in [1.807, 2.05) is 6.07 Å². The second-order valence-corrected chi connectivity index (χ2v) is 9.97. The lowest BCUT2D eigenvalue weighted by Gasteiger charge is -2.14. The van der Waals surface area contributed by atoms with Gasteiger partial charge in [0.25, 0.3) is 5.91 Å². The number of carbonyl (C=O) groups excluding carboxylic acids is 1. The van der Waals surface area contributed by atoms with Gasteiger partial charge in [0.05, 0.1) is 17.3 Å². The van der Waals surface area contributed by atoms with Crippen LogP contribution in [0.15, 0.2) is 81.2 Å². The summed E-state index contributed by atoms with van der Waals surface area (Å²) in [5.41, 5.74) is 3.51. The molecular weight excluding hydrogens is 611 g/mol. The molecule has 32 heavy (non-hydrogen) atoms. The van der Waals surface area contributed by atoms with Crippen LogP contribution in [0.3, 0.4) is 0 Å². The maximum atomic E-state index is 12.6. The molecule has 1 N–H and O–H groups in total. The van der Waals surface area contributed by atoms with Gasteiger partial charge >= 0.3 is 10.1 Å². The molecule has 3 aromatic rings. The van der Waals surface area contributed by atoms with Gasteiger partial charge in [-0.05, 0) is 93.5 Å². The van der Waals surface area contributed by atoms with Crippen LogP contribution < -0.4 is 14.3 Å². The highest BCUT2D eigenvalue weighted by atomic mass is 127. The van der Waals surface area contributed by atoms with Crippen molar-refractivity contribution in [2.45, 2.75) is 11.8 Å². The van der Waals surface area contributed by atoms with E-state index in [1.54, 1.807) is 55.5 Å². The summed E-state index contributed by atoms with van der Waals surface area (Å²) in [7, 11) is -4.05. The van der Waals surface area contributed by atoms with Crippen molar-refractivity contribution in [2.24, 2.45) is 5.10 Å². The van der Waals surface area contributed by atoms with E-state index in [1.165, 1.54) is 18.3 Å². The van der Waals surface area contributed by atoms with Gasteiger partial charge in [-0.3, -0.25) is 4.79 Å². The minimum absolute atomic E-state index is 0.0238. The second-order valence-electron chi connectivity index (χ2n) is 6.32. The molecule has 166 valence electrons. The number of nitrogens with zero attached hydrogens (tertiary/aromatic N) is 1. The molecule has 10 heteroatoms. The maximum absolute atomic E-state index is 12.6. The molecule has 0 unspecified atom stereocenters. The summed E-state index contributed by atoms with van der Waals surface area (Å²) in [5, 5.41) is 3.98. The van der Waals surface area contributed by atoms with Crippen molar-refractivity contribution in [1.82, 2.24) is 5.43 Å². The number of hydrogen-bond acceptors (Lipinski definition) is 6. The van der Waals surface area contributed by atoms with E-state index in [2.05, 4.69) is 49.0 Å². The first-order valence-electron chi connectivity index (χ1n) is 9.35. The Morgan fingerprint density at radius 1 is 1.12 bits per heavy atom. The van der Waals surface area contributed by atoms with Crippen molar-refractivity contribution in [2.75, 3.05) is 6.61 Å². The van der Waals surface area contributed by atoms with Crippen LogP contribution >= 0.6 is 38.5 Å². The van der Waals surface area contributed by atoms with Crippen molar-refractivity contribution in [1.29, 1.82) is 0 Å². The lowest BCUT2D eigenvalue weighted by Crippen LogP contribution is -2.17. The molecule has 0 aliphatic heterocycles. The predicted octanol–water partition coefficient (Wildman–Crippen LogP) is 4.98. The van der Waals surface area contributed by atoms with Gasteiger partial charge < -0.3 is 8.92 Å². The summed E-state index contributed by atoms with van der Waals surface area (Å²) in [6.07, 6.45) is 1.43. The Morgan fingerprint density at radius 3 is 2.56 bits per heavy atom. The Kier molecular flexibility index (Phi) is 8.26. The highest BCUT2D eigenvalue weighted by Crippen LogP contribution is 2.38. The minimum atomic E-state index is -4.05. The third-order valence-electron chi connectivity index (χ3n) is 4.02. The number of amides is 1. The average molecular weight is 629 g/mol. The molecule has 0 aromatic heterocycles. The molecule has 1 amide bonds. The minimum Gasteiger partial charge on any atom is -0.490 e.